The summed E-state index contributed by atoms with van der Waals surface area (Å²) in [6.07, 6.45) is -4.73. The number of rotatable bonds is 6. The lowest BCUT2D eigenvalue weighted by molar-refractivity contribution is -0.154. The van der Waals surface area contributed by atoms with Gasteiger partial charge in [0.25, 0.3) is 5.88 Å². The Hall–Kier alpha value is -3.15. The van der Waals surface area contributed by atoms with Gasteiger partial charge in [0, 0.05) is 6.54 Å². The van der Waals surface area contributed by atoms with Crippen LogP contribution in [0, 0.1) is 11.6 Å². The topological polar surface area (TPSA) is 92.4 Å². The van der Waals surface area contributed by atoms with Gasteiger partial charge in [-0.2, -0.15) is 13.2 Å². The van der Waals surface area contributed by atoms with Gasteiger partial charge in [-0.25, -0.2) is 18.6 Å². The third-order valence-corrected chi connectivity index (χ3v) is 4.45. The zero-order chi connectivity index (χ0) is 22.8. The molecule has 166 valence electrons. The van der Waals surface area contributed by atoms with Gasteiger partial charge in [-0.1, -0.05) is 17.7 Å². The molecule has 0 aliphatic carbocycles. The summed E-state index contributed by atoms with van der Waals surface area (Å²) in [6, 6.07) is 2.70. The smallest absolute Gasteiger partial charge is 0.422 e. The molecule has 3 amide bonds. The zero-order valence-electron chi connectivity index (χ0n) is 15.4. The number of hydrogen-bond donors (Lipinski definition) is 3. The number of aromatic nitrogens is 1. The molecule has 2 atom stereocenters. The summed E-state index contributed by atoms with van der Waals surface area (Å²) in [6.45, 7) is -1.79. The number of benzene rings is 1. The highest BCUT2D eigenvalue weighted by atomic mass is 35.5. The van der Waals surface area contributed by atoms with E-state index in [2.05, 4.69) is 25.7 Å². The van der Waals surface area contributed by atoms with Crippen molar-refractivity contribution in [3.63, 3.8) is 0 Å². The van der Waals surface area contributed by atoms with E-state index in [1.54, 1.807) is 0 Å². The van der Waals surface area contributed by atoms with Gasteiger partial charge in [0.1, 0.15) is 11.9 Å². The largest absolute Gasteiger partial charge is 0.466 e. The average Bonchev–Trinajstić information content (AvgIpc) is 3.13. The lowest BCUT2D eigenvalue weighted by atomic mass is 10.0. The van der Waals surface area contributed by atoms with Gasteiger partial charge < -0.3 is 20.7 Å². The second-order valence-corrected chi connectivity index (χ2v) is 6.86. The van der Waals surface area contributed by atoms with Crippen molar-refractivity contribution in [3.8, 4) is 5.88 Å². The van der Waals surface area contributed by atoms with Crippen LogP contribution >= 0.6 is 11.6 Å². The highest BCUT2D eigenvalue weighted by Crippen LogP contribution is 2.28. The lowest BCUT2D eigenvalue weighted by Crippen LogP contribution is -2.44. The van der Waals surface area contributed by atoms with E-state index in [1.807, 2.05) is 0 Å². The van der Waals surface area contributed by atoms with Crippen LogP contribution in [-0.4, -0.2) is 42.3 Å². The van der Waals surface area contributed by atoms with Crippen LogP contribution < -0.4 is 20.7 Å². The number of carbonyl (C=O) groups excluding carboxylic acids is 2. The molecule has 13 heteroatoms. The molecular formula is C18H14ClF5N4O3. The standard InChI is InChI=1S/C18H14ClF5N4O3/c19-9-5-8(1-2-10(9)20)14(28-15(29)13-6-25-17(30)27-13)12-4-3-11(21)16(26-12)31-7-18(22,23)24/h1-5,13-14H,6-7H2,(H,28,29)(H2,25,27,30)/t13-,14+/m1/s1. The number of halogens is 6. The molecule has 0 radical (unpaired) electrons. The van der Waals surface area contributed by atoms with Gasteiger partial charge >= 0.3 is 12.2 Å². The maximum atomic E-state index is 13.9. The fourth-order valence-corrected chi connectivity index (χ4v) is 2.92. The van der Waals surface area contributed by atoms with Crippen LogP contribution in [0.15, 0.2) is 30.3 Å². The minimum Gasteiger partial charge on any atom is -0.466 e. The van der Waals surface area contributed by atoms with Crippen LogP contribution in [-0.2, 0) is 4.79 Å². The Morgan fingerprint density at radius 2 is 1.97 bits per heavy atom. The minimum atomic E-state index is -4.73. The van der Waals surface area contributed by atoms with Crippen molar-refractivity contribution < 1.29 is 36.3 Å². The van der Waals surface area contributed by atoms with Gasteiger partial charge in [0.2, 0.25) is 5.91 Å². The first kappa shape index (κ1) is 22.5. The van der Waals surface area contributed by atoms with E-state index < -0.39 is 54.3 Å². The number of hydrogen-bond acceptors (Lipinski definition) is 4. The highest BCUT2D eigenvalue weighted by Gasteiger charge is 2.31. The first-order chi connectivity index (χ1) is 14.5. The predicted molar refractivity (Wildman–Crippen MR) is 97.5 cm³/mol. The number of nitrogens with one attached hydrogen (secondary N) is 3. The molecule has 1 aromatic carbocycles. The van der Waals surface area contributed by atoms with Gasteiger partial charge in [-0.15, -0.1) is 0 Å². The number of pyridine rings is 1. The van der Waals surface area contributed by atoms with Gasteiger partial charge in [0.15, 0.2) is 12.4 Å². The van der Waals surface area contributed by atoms with E-state index in [0.29, 0.717) is 0 Å². The molecule has 31 heavy (non-hydrogen) atoms. The molecule has 2 aromatic rings. The Balaban J connectivity index is 1.94. The van der Waals surface area contributed by atoms with E-state index >= 15 is 0 Å². The van der Waals surface area contributed by atoms with Gasteiger partial charge in [-0.05, 0) is 29.8 Å². The summed E-state index contributed by atoms with van der Waals surface area (Å²) in [5, 5.41) is 7.01. The Labute approximate surface area is 176 Å². The van der Waals surface area contributed by atoms with Crippen LogP contribution in [0.25, 0.3) is 0 Å². The number of alkyl halides is 3. The van der Waals surface area contributed by atoms with Crippen LogP contribution in [0.3, 0.4) is 0 Å². The van der Waals surface area contributed by atoms with E-state index in [-0.39, 0.29) is 22.8 Å². The summed E-state index contributed by atoms with van der Waals surface area (Å²) in [5.41, 5.74) is 0.102. The maximum Gasteiger partial charge on any atom is 0.422 e. The van der Waals surface area contributed by atoms with Crippen LogP contribution in [0.2, 0.25) is 5.02 Å². The van der Waals surface area contributed by atoms with Crippen molar-refractivity contribution in [1.29, 1.82) is 0 Å². The van der Waals surface area contributed by atoms with Gasteiger partial charge in [-0.3, -0.25) is 4.79 Å². The van der Waals surface area contributed by atoms with Crippen LogP contribution in [0.1, 0.15) is 17.3 Å². The third-order valence-electron chi connectivity index (χ3n) is 4.16. The molecule has 0 unspecified atom stereocenters. The maximum absolute atomic E-state index is 13.9. The number of carbonyl (C=O) groups is 2. The second kappa shape index (κ2) is 8.92. The number of urea groups is 1. The molecule has 1 fully saturated rings. The van der Waals surface area contributed by atoms with Crippen molar-refractivity contribution in [3.05, 3.63) is 58.2 Å². The van der Waals surface area contributed by atoms with Gasteiger partial charge in [0.05, 0.1) is 16.8 Å². The second-order valence-electron chi connectivity index (χ2n) is 6.45. The molecule has 2 heterocycles. The molecule has 1 aromatic heterocycles. The fourth-order valence-electron chi connectivity index (χ4n) is 2.73. The highest BCUT2D eigenvalue weighted by molar-refractivity contribution is 6.30. The third kappa shape index (κ3) is 5.72. The SMILES string of the molecule is O=C1NC[C@H](C(=O)N[C@@H](c2ccc(F)c(Cl)c2)c2ccc(F)c(OCC(F)(F)F)n2)N1. The quantitative estimate of drug-likeness (QED) is 0.573. The van der Waals surface area contributed by atoms with Crippen molar-refractivity contribution in [2.45, 2.75) is 18.3 Å². The van der Waals surface area contributed by atoms with Crippen molar-refractivity contribution in [2.75, 3.05) is 13.2 Å². The summed E-state index contributed by atoms with van der Waals surface area (Å²) in [4.78, 5) is 27.6. The minimum absolute atomic E-state index is 0.0155. The summed E-state index contributed by atoms with van der Waals surface area (Å²) < 4.78 is 69.2. The molecule has 1 aliphatic rings. The summed E-state index contributed by atoms with van der Waals surface area (Å²) in [7, 11) is 0. The number of amides is 3. The Morgan fingerprint density at radius 3 is 2.58 bits per heavy atom. The fraction of sp³-hybridized carbons (Fsp3) is 0.278. The van der Waals surface area contributed by atoms with E-state index in [1.165, 1.54) is 12.1 Å². The average molecular weight is 465 g/mol. The van der Waals surface area contributed by atoms with Crippen LogP contribution in [0.4, 0.5) is 26.7 Å². The monoisotopic (exact) mass is 464 g/mol. The molecule has 0 bridgehead atoms. The number of ether oxygens (including phenoxy) is 1. The first-order valence-electron chi connectivity index (χ1n) is 8.69. The zero-order valence-corrected chi connectivity index (χ0v) is 16.2. The van der Waals surface area contributed by atoms with Crippen LogP contribution in [0.5, 0.6) is 5.88 Å². The Morgan fingerprint density at radius 1 is 1.26 bits per heavy atom. The van der Waals surface area contributed by atoms with E-state index in [0.717, 1.165) is 18.2 Å². The lowest BCUT2D eigenvalue weighted by Gasteiger charge is -2.22. The normalized spacial score (nSPS) is 17.0. The molecule has 1 aliphatic heterocycles. The molecule has 0 saturated carbocycles. The number of nitrogens with zero attached hydrogens (tertiary/aromatic N) is 1. The molecule has 7 nitrogen and oxygen atoms in total. The van der Waals surface area contributed by atoms with Crippen molar-refractivity contribution in [2.24, 2.45) is 0 Å². The molecular weight excluding hydrogens is 451 g/mol. The molecule has 3 rings (SSSR count). The molecule has 3 N–H and O–H groups in total. The van der Waals surface area contributed by atoms with E-state index in [9.17, 15) is 31.5 Å². The van der Waals surface area contributed by atoms with Crippen molar-refractivity contribution >= 4 is 23.5 Å². The van der Waals surface area contributed by atoms with E-state index in [4.69, 9.17) is 11.6 Å². The van der Waals surface area contributed by atoms with Crippen molar-refractivity contribution in [1.82, 2.24) is 20.9 Å². The summed E-state index contributed by atoms with van der Waals surface area (Å²) in [5.74, 6) is -3.50. The molecule has 0 spiro atoms. The predicted octanol–water partition coefficient (Wildman–Crippen LogP) is 2.84. The Kier molecular flexibility index (Phi) is 6.48. The first-order valence-corrected chi connectivity index (χ1v) is 9.07. The Bertz CT molecular complexity index is 1000. The molecule has 1 saturated heterocycles. The summed E-state index contributed by atoms with van der Waals surface area (Å²) >= 11 is 5.80.